The molecule has 0 fully saturated rings. The molecule has 0 aliphatic rings. The first-order valence-corrected chi connectivity index (χ1v) is 7.09. The van der Waals surface area contributed by atoms with Gasteiger partial charge in [-0.1, -0.05) is 6.07 Å². The Kier molecular flexibility index (Phi) is 4.84. The normalized spacial score (nSPS) is 10.2. The summed E-state index contributed by atoms with van der Waals surface area (Å²) in [4.78, 5) is 6.36. The molecule has 0 aliphatic heterocycles. The first-order chi connectivity index (χ1) is 9.61. The van der Waals surface area contributed by atoms with Crippen molar-refractivity contribution >= 4 is 27.4 Å². The van der Waals surface area contributed by atoms with Gasteiger partial charge in [0.25, 0.3) is 0 Å². The van der Waals surface area contributed by atoms with Crippen LogP contribution in [0.4, 0.5) is 11.5 Å². The van der Waals surface area contributed by atoms with Gasteiger partial charge in [0.2, 0.25) is 0 Å². The third-order valence-electron chi connectivity index (χ3n) is 2.91. The van der Waals surface area contributed by atoms with Gasteiger partial charge in [0.15, 0.2) is 5.82 Å². The largest absolute Gasteiger partial charge is 0.496 e. The third kappa shape index (κ3) is 3.42. The molecule has 0 saturated carbocycles. The zero-order valence-electron chi connectivity index (χ0n) is 11.9. The average Bonchev–Trinajstić information content (AvgIpc) is 2.45. The van der Waals surface area contributed by atoms with Gasteiger partial charge in [-0.2, -0.15) is 0 Å². The summed E-state index contributed by atoms with van der Waals surface area (Å²) in [5.41, 5.74) is 2.19. The van der Waals surface area contributed by atoms with E-state index in [0.29, 0.717) is 0 Å². The van der Waals surface area contributed by atoms with Crippen molar-refractivity contribution in [1.29, 1.82) is 0 Å². The lowest BCUT2D eigenvalue weighted by Gasteiger charge is -2.17. The molecule has 1 aromatic heterocycles. The summed E-state index contributed by atoms with van der Waals surface area (Å²) in [7, 11) is 5.63. The Hall–Kier alpha value is -1.75. The second kappa shape index (κ2) is 6.61. The SMILES string of the molecule is COc1ccc(CNc2cccnc2N(C)C)cc1Br. The van der Waals surface area contributed by atoms with Crippen LogP contribution >= 0.6 is 15.9 Å². The van der Waals surface area contributed by atoms with Crippen molar-refractivity contribution in [3.8, 4) is 5.75 Å². The van der Waals surface area contributed by atoms with Crippen LogP contribution in [0.2, 0.25) is 0 Å². The standard InChI is InChI=1S/C15H18BrN3O/c1-19(2)15-13(5-4-8-17-15)18-10-11-6-7-14(20-3)12(16)9-11/h4-9,18H,10H2,1-3H3. The zero-order valence-corrected chi connectivity index (χ0v) is 13.4. The number of aromatic nitrogens is 1. The Labute approximate surface area is 127 Å². The smallest absolute Gasteiger partial charge is 0.151 e. The molecule has 2 aromatic rings. The molecule has 0 radical (unpaired) electrons. The van der Waals surface area contributed by atoms with E-state index in [1.54, 1.807) is 13.3 Å². The van der Waals surface area contributed by atoms with Gasteiger partial charge in [-0.3, -0.25) is 0 Å². The van der Waals surface area contributed by atoms with Crippen LogP contribution < -0.4 is 15.0 Å². The van der Waals surface area contributed by atoms with Crippen LogP contribution in [0, 0.1) is 0 Å². The highest BCUT2D eigenvalue weighted by molar-refractivity contribution is 9.10. The summed E-state index contributed by atoms with van der Waals surface area (Å²) in [5.74, 6) is 1.77. The van der Waals surface area contributed by atoms with E-state index < -0.39 is 0 Å². The highest BCUT2D eigenvalue weighted by Crippen LogP contribution is 2.26. The molecule has 2 rings (SSSR count). The number of nitrogens with one attached hydrogen (secondary N) is 1. The maximum Gasteiger partial charge on any atom is 0.151 e. The quantitative estimate of drug-likeness (QED) is 0.906. The number of hydrogen-bond acceptors (Lipinski definition) is 4. The van der Waals surface area contributed by atoms with Gasteiger partial charge in [0, 0.05) is 26.8 Å². The second-order valence-electron chi connectivity index (χ2n) is 4.59. The van der Waals surface area contributed by atoms with E-state index >= 15 is 0 Å². The zero-order chi connectivity index (χ0) is 14.5. The molecule has 0 amide bonds. The molecule has 0 atom stereocenters. The van der Waals surface area contributed by atoms with Crippen molar-refractivity contribution in [3.63, 3.8) is 0 Å². The van der Waals surface area contributed by atoms with Crippen molar-refractivity contribution in [2.45, 2.75) is 6.54 Å². The van der Waals surface area contributed by atoms with Crippen molar-refractivity contribution in [2.75, 3.05) is 31.4 Å². The fraction of sp³-hybridized carbons (Fsp3) is 0.267. The van der Waals surface area contributed by atoms with E-state index in [4.69, 9.17) is 4.74 Å². The highest BCUT2D eigenvalue weighted by atomic mass is 79.9. The monoisotopic (exact) mass is 335 g/mol. The summed E-state index contributed by atoms with van der Waals surface area (Å²) in [6.07, 6.45) is 1.80. The maximum absolute atomic E-state index is 5.23. The van der Waals surface area contributed by atoms with Crippen LogP contribution in [0.1, 0.15) is 5.56 Å². The van der Waals surface area contributed by atoms with E-state index in [0.717, 1.165) is 28.3 Å². The fourth-order valence-electron chi connectivity index (χ4n) is 1.91. The average molecular weight is 336 g/mol. The summed E-state index contributed by atoms with van der Waals surface area (Å²) < 4.78 is 6.19. The van der Waals surface area contributed by atoms with Gasteiger partial charge in [0.05, 0.1) is 17.3 Å². The molecule has 5 heteroatoms. The number of pyridine rings is 1. The van der Waals surface area contributed by atoms with E-state index in [-0.39, 0.29) is 0 Å². The van der Waals surface area contributed by atoms with E-state index in [1.165, 1.54) is 5.56 Å². The van der Waals surface area contributed by atoms with E-state index in [9.17, 15) is 0 Å². The molecule has 0 spiro atoms. The Balaban J connectivity index is 2.11. The number of methoxy groups -OCH3 is 1. The molecule has 0 unspecified atom stereocenters. The number of anilines is 2. The Morgan fingerprint density at radius 1 is 1.30 bits per heavy atom. The number of ether oxygens (including phenoxy) is 1. The molecule has 0 saturated heterocycles. The molecular formula is C15H18BrN3O. The molecular weight excluding hydrogens is 318 g/mol. The van der Waals surface area contributed by atoms with Gasteiger partial charge in [-0.05, 0) is 45.8 Å². The van der Waals surface area contributed by atoms with E-state index in [2.05, 4.69) is 32.3 Å². The Morgan fingerprint density at radius 3 is 2.75 bits per heavy atom. The van der Waals surface area contributed by atoms with Crippen molar-refractivity contribution in [2.24, 2.45) is 0 Å². The number of nitrogens with zero attached hydrogens (tertiary/aromatic N) is 2. The van der Waals surface area contributed by atoms with Gasteiger partial charge >= 0.3 is 0 Å². The lowest BCUT2D eigenvalue weighted by atomic mass is 10.2. The van der Waals surface area contributed by atoms with Crippen molar-refractivity contribution in [1.82, 2.24) is 4.98 Å². The van der Waals surface area contributed by atoms with Crippen LogP contribution in [-0.4, -0.2) is 26.2 Å². The van der Waals surface area contributed by atoms with Crippen molar-refractivity contribution < 1.29 is 4.74 Å². The summed E-state index contributed by atoms with van der Waals surface area (Å²) >= 11 is 3.50. The summed E-state index contributed by atoms with van der Waals surface area (Å²) in [5, 5.41) is 3.41. The summed E-state index contributed by atoms with van der Waals surface area (Å²) in [6.45, 7) is 0.731. The molecule has 0 aliphatic carbocycles. The number of hydrogen-bond donors (Lipinski definition) is 1. The third-order valence-corrected chi connectivity index (χ3v) is 3.53. The van der Waals surface area contributed by atoms with Crippen LogP contribution in [0.15, 0.2) is 41.0 Å². The molecule has 0 bridgehead atoms. The van der Waals surface area contributed by atoms with E-state index in [1.807, 2.05) is 43.3 Å². The predicted molar refractivity (Wildman–Crippen MR) is 86.6 cm³/mol. The number of benzene rings is 1. The van der Waals surface area contributed by atoms with Crippen LogP contribution in [0.25, 0.3) is 0 Å². The molecule has 20 heavy (non-hydrogen) atoms. The van der Waals surface area contributed by atoms with Crippen LogP contribution in [0.5, 0.6) is 5.75 Å². The molecule has 4 nitrogen and oxygen atoms in total. The van der Waals surface area contributed by atoms with Crippen LogP contribution in [-0.2, 0) is 6.54 Å². The van der Waals surface area contributed by atoms with Gasteiger partial charge in [0.1, 0.15) is 5.75 Å². The molecule has 1 aromatic carbocycles. The maximum atomic E-state index is 5.23. The minimum absolute atomic E-state index is 0.731. The highest BCUT2D eigenvalue weighted by Gasteiger charge is 2.06. The van der Waals surface area contributed by atoms with Crippen molar-refractivity contribution in [3.05, 3.63) is 46.6 Å². The first kappa shape index (κ1) is 14.7. The fourth-order valence-corrected chi connectivity index (χ4v) is 2.50. The topological polar surface area (TPSA) is 37.4 Å². The second-order valence-corrected chi connectivity index (χ2v) is 5.45. The van der Waals surface area contributed by atoms with Gasteiger partial charge in [-0.15, -0.1) is 0 Å². The minimum atomic E-state index is 0.731. The molecule has 1 heterocycles. The first-order valence-electron chi connectivity index (χ1n) is 6.30. The van der Waals surface area contributed by atoms with Gasteiger partial charge < -0.3 is 15.0 Å². The van der Waals surface area contributed by atoms with Gasteiger partial charge in [-0.25, -0.2) is 4.98 Å². The Bertz CT molecular complexity index is 587. The lowest BCUT2D eigenvalue weighted by molar-refractivity contribution is 0.412. The Morgan fingerprint density at radius 2 is 2.10 bits per heavy atom. The lowest BCUT2D eigenvalue weighted by Crippen LogP contribution is -2.13. The molecule has 1 N–H and O–H groups in total. The predicted octanol–water partition coefficient (Wildman–Crippen LogP) is 3.53. The summed E-state index contributed by atoms with van der Waals surface area (Å²) in [6, 6.07) is 10.0. The van der Waals surface area contributed by atoms with Crippen LogP contribution in [0.3, 0.4) is 0 Å². The molecule has 106 valence electrons. The minimum Gasteiger partial charge on any atom is -0.496 e. The number of rotatable bonds is 5. The number of halogens is 1.